The highest BCUT2D eigenvalue weighted by atomic mass is 14.9. The molecule has 0 amide bonds. The second-order valence-electron chi connectivity index (χ2n) is 5.48. The van der Waals surface area contributed by atoms with Gasteiger partial charge in [-0.1, -0.05) is 41.0 Å². The summed E-state index contributed by atoms with van der Waals surface area (Å²) in [4.78, 5) is 0. The lowest BCUT2D eigenvalue weighted by atomic mass is 9.85. The van der Waals surface area contributed by atoms with Crippen molar-refractivity contribution in [2.24, 2.45) is 17.1 Å². The lowest BCUT2D eigenvalue weighted by molar-refractivity contribution is 0.301. The fraction of sp³-hybridized carbons (Fsp3) is 1.00. The van der Waals surface area contributed by atoms with Crippen molar-refractivity contribution in [3.05, 3.63) is 0 Å². The van der Waals surface area contributed by atoms with Crippen LogP contribution >= 0.6 is 0 Å². The minimum absolute atomic E-state index is 0.234. The van der Waals surface area contributed by atoms with Crippen molar-refractivity contribution >= 4 is 0 Å². The van der Waals surface area contributed by atoms with Gasteiger partial charge in [-0.05, 0) is 30.8 Å². The van der Waals surface area contributed by atoms with Gasteiger partial charge in [0.15, 0.2) is 0 Å². The fourth-order valence-corrected chi connectivity index (χ4v) is 1.18. The molecule has 0 bridgehead atoms. The fourth-order valence-electron chi connectivity index (χ4n) is 1.18. The van der Waals surface area contributed by atoms with Gasteiger partial charge in [-0.3, -0.25) is 0 Å². The Bertz CT molecular complexity index is 138. The molecule has 0 aliphatic heterocycles. The third-order valence-corrected chi connectivity index (χ3v) is 2.93. The van der Waals surface area contributed by atoms with E-state index >= 15 is 0 Å². The molecule has 0 heterocycles. The van der Waals surface area contributed by atoms with Crippen LogP contribution in [0.3, 0.4) is 0 Å². The summed E-state index contributed by atoms with van der Waals surface area (Å²) in [6.45, 7) is 13.3. The molecular weight excluding hydrogens is 172 g/mol. The standard InChI is InChI=1S/C12H28N2/c1-6-10(2)9-14-8-7-11(13)12(3,4)5/h10-11,14H,6-9,13H2,1-5H3. The number of hydrogen-bond acceptors (Lipinski definition) is 2. The first kappa shape index (κ1) is 13.9. The van der Waals surface area contributed by atoms with Crippen molar-refractivity contribution in [3.8, 4) is 0 Å². The monoisotopic (exact) mass is 200 g/mol. The molecule has 2 nitrogen and oxygen atoms in total. The molecule has 2 heteroatoms. The maximum Gasteiger partial charge on any atom is 0.00997 e. The van der Waals surface area contributed by atoms with Gasteiger partial charge in [0.2, 0.25) is 0 Å². The van der Waals surface area contributed by atoms with E-state index in [0.717, 1.165) is 25.4 Å². The Hall–Kier alpha value is -0.0800. The normalized spacial score (nSPS) is 16.7. The number of nitrogens with two attached hydrogens (primary N) is 1. The van der Waals surface area contributed by atoms with Crippen molar-refractivity contribution in [2.75, 3.05) is 13.1 Å². The van der Waals surface area contributed by atoms with Crippen LogP contribution in [0.5, 0.6) is 0 Å². The average molecular weight is 200 g/mol. The summed E-state index contributed by atoms with van der Waals surface area (Å²) in [7, 11) is 0. The quantitative estimate of drug-likeness (QED) is 0.646. The predicted molar refractivity (Wildman–Crippen MR) is 64.4 cm³/mol. The maximum atomic E-state index is 6.06. The molecule has 3 N–H and O–H groups in total. The van der Waals surface area contributed by atoms with E-state index in [4.69, 9.17) is 5.73 Å². The molecule has 0 saturated heterocycles. The molecule has 0 saturated carbocycles. The largest absolute Gasteiger partial charge is 0.327 e. The van der Waals surface area contributed by atoms with E-state index in [1.807, 2.05) is 0 Å². The molecule has 2 atom stereocenters. The van der Waals surface area contributed by atoms with Crippen LogP contribution in [0.25, 0.3) is 0 Å². The molecular formula is C12H28N2. The van der Waals surface area contributed by atoms with Gasteiger partial charge in [-0.2, -0.15) is 0 Å². The van der Waals surface area contributed by atoms with Crippen LogP contribution in [-0.4, -0.2) is 19.1 Å². The first-order valence-corrected chi connectivity index (χ1v) is 5.84. The zero-order valence-corrected chi connectivity index (χ0v) is 10.6. The molecule has 0 aromatic heterocycles. The first-order valence-electron chi connectivity index (χ1n) is 5.84. The Kier molecular flexibility index (Phi) is 6.38. The Labute approximate surface area is 89.6 Å². The van der Waals surface area contributed by atoms with Gasteiger partial charge in [0.25, 0.3) is 0 Å². The lowest BCUT2D eigenvalue weighted by Crippen LogP contribution is -2.38. The summed E-state index contributed by atoms with van der Waals surface area (Å²) in [5, 5.41) is 3.46. The number of rotatable bonds is 6. The smallest absolute Gasteiger partial charge is 0.00997 e. The van der Waals surface area contributed by atoms with Gasteiger partial charge in [-0.15, -0.1) is 0 Å². The molecule has 0 rings (SSSR count). The van der Waals surface area contributed by atoms with Crippen molar-refractivity contribution < 1.29 is 0 Å². The Morgan fingerprint density at radius 2 is 1.86 bits per heavy atom. The van der Waals surface area contributed by atoms with E-state index < -0.39 is 0 Å². The first-order chi connectivity index (χ1) is 6.38. The van der Waals surface area contributed by atoms with Crippen LogP contribution < -0.4 is 11.1 Å². The summed E-state index contributed by atoms with van der Waals surface area (Å²) >= 11 is 0. The molecule has 0 aliphatic rings. The van der Waals surface area contributed by atoms with Crippen molar-refractivity contribution in [2.45, 2.75) is 53.5 Å². The molecule has 14 heavy (non-hydrogen) atoms. The summed E-state index contributed by atoms with van der Waals surface area (Å²) in [5.74, 6) is 0.779. The van der Waals surface area contributed by atoms with Crippen LogP contribution in [0.4, 0.5) is 0 Å². The molecule has 0 spiro atoms. The third-order valence-electron chi connectivity index (χ3n) is 2.93. The maximum absolute atomic E-state index is 6.06. The van der Waals surface area contributed by atoms with Crippen molar-refractivity contribution in [1.29, 1.82) is 0 Å². The van der Waals surface area contributed by atoms with E-state index in [-0.39, 0.29) is 5.41 Å². The van der Waals surface area contributed by atoms with Gasteiger partial charge in [0.05, 0.1) is 0 Å². The second-order valence-corrected chi connectivity index (χ2v) is 5.48. The van der Waals surface area contributed by atoms with Gasteiger partial charge < -0.3 is 11.1 Å². The second kappa shape index (κ2) is 6.41. The van der Waals surface area contributed by atoms with Gasteiger partial charge in [-0.25, -0.2) is 0 Å². The predicted octanol–water partition coefficient (Wildman–Crippen LogP) is 2.39. The molecule has 0 fully saturated rings. The highest BCUT2D eigenvalue weighted by molar-refractivity contribution is 4.77. The van der Waals surface area contributed by atoms with E-state index in [1.165, 1.54) is 6.42 Å². The molecule has 0 aromatic carbocycles. The highest BCUT2D eigenvalue weighted by Gasteiger charge is 2.19. The Morgan fingerprint density at radius 1 is 1.29 bits per heavy atom. The topological polar surface area (TPSA) is 38.0 Å². The van der Waals surface area contributed by atoms with Crippen molar-refractivity contribution in [1.82, 2.24) is 5.32 Å². The minimum atomic E-state index is 0.234. The molecule has 2 unspecified atom stereocenters. The van der Waals surface area contributed by atoms with Gasteiger partial charge in [0, 0.05) is 6.04 Å². The molecule has 0 aromatic rings. The van der Waals surface area contributed by atoms with Crippen LogP contribution in [0.2, 0.25) is 0 Å². The summed E-state index contributed by atoms with van der Waals surface area (Å²) in [6, 6.07) is 0.298. The zero-order chi connectivity index (χ0) is 11.2. The van der Waals surface area contributed by atoms with Gasteiger partial charge in [0.1, 0.15) is 0 Å². The zero-order valence-electron chi connectivity index (χ0n) is 10.6. The Morgan fingerprint density at radius 3 is 2.29 bits per heavy atom. The van der Waals surface area contributed by atoms with Crippen LogP contribution in [0.15, 0.2) is 0 Å². The number of nitrogens with one attached hydrogen (secondary N) is 1. The molecule has 86 valence electrons. The van der Waals surface area contributed by atoms with Crippen LogP contribution in [0, 0.1) is 11.3 Å². The summed E-state index contributed by atoms with van der Waals surface area (Å²) in [5.41, 5.74) is 6.29. The summed E-state index contributed by atoms with van der Waals surface area (Å²) < 4.78 is 0. The van der Waals surface area contributed by atoms with E-state index in [2.05, 4.69) is 39.9 Å². The van der Waals surface area contributed by atoms with E-state index in [9.17, 15) is 0 Å². The minimum Gasteiger partial charge on any atom is -0.327 e. The average Bonchev–Trinajstić information content (AvgIpc) is 2.09. The van der Waals surface area contributed by atoms with Crippen molar-refractivity contribution in [3.63, 3.8) is 0 Å². The summed E-state index contributed by atoms with van der Waals surface area (Å²) in [6.07, 6.45) is 2.32. The van der Waals surface area contributed by atoms with E-state index in [1.54, 1.807) is 0 Å². The Balaban J connectivity index is 3.46. The highest BCUT2D eigenvalue weighted by Crippen LogP contribution is 2.19. The third kappa shape index (κ3) is 6.39. The number of hydrogen-bond donors (Lipinski definition) is 2. The SMILES string of the molecule is CCC(C)CNCCC(N)C(C)(C)C. The van der Waals surface area contributed by atoms with Crippen LogP contribution in [-0.2, 0) is 0 Å². The van der Waals surface area contributed by atoms with Crippen LogP contribution in [0.1, 0.15) is 47.5 Å². The van der Waals surface area contributed by atoms with E-state index in [0.29, 0.717) is 6.04 Å². The van der Waals surface area contributed by atoms with Gasteiger partial charge >= 0.3 is 0 Å². The lowest BCUT2D eigenvalue weighted by Gasteiger charge is -2.27. The molecule has 0 radical (unpaired) electrons. The molecule has 0 aliphatic carbocycles.